The van der Waals surface area contributed by atoms with E-state index in [1.807, 2.05) is 0 Å². The van der Waals surface area contributed by atoms with Crippen LogP contribution in [0.1, 0.15) is 29.5 Å². The quantitative estimate of drug-likeness (QED) is 0.581. The molecule has 0 aliphatic heterocycles. The number of hydrogen-bond donors (Lipinski definition) is 1. The van der Waals surface area contributed by atoms with E-state index in [9.17, 15) is 4.79 Å². The van der Waals surface area contributed by atoms with E-state index in [1.54, 1.807) is 7.11 Å². The van der Waals surface area contributed by atoms with Crippen LogP contribution in [0, 0.1) is 6.92 Å². The highest BCUT2D eigenvalue weighted by atomic mass is 16.5. The maximum absolute atomic E-state index is 12.1. The highest BCUT2D eigenvalue weighted by Gasteiger charge is 2.10. The number of nitrogens with zero attached hydrogens (tertiary/aromatic N) is 1. The van der Waals surface area contributed by atoms with Crippen molar-refractivity contribution in [3.05, 3.63) is 71.4 Å². The Balaban J connectivity index is 1.69. The molecule has 0 spiro atoms. The number of rotatable bonds is 9. The first-order valence-corrected chi connectivity index (χ1v) is 9.55. The lowest BCUT2D eigenvalue weighted by atomic mass is 10.1. The van der Waals surface area contributed by atoms with Gasteiger partial charge in [-0.05, 0) is 37.0 Å². The van der Waals surface area contributed by atoms with Gasteiger partial charge in [0.25, 0.3) is 0 Å². The van der Waals surface area contributed by atoms with Crippen molar-refractivity contribution in [1.29, 1.82) is 0 Å². The smallest absolute Gasteiger partial charge is 0.220 e. The lowest BCUT2D eigenvalue weighted by Gasteiger charge is -2.06. The molecule has 0 unspecified atom stereocenters. The summed E-state index contributed by atoms with van der Waals surface area (Å²) in [4.78, 5) is 12.1. The van der Waals surface area contributed by atoms with Crippen LogP contribution in [0.15, 0.2) is 54.7 Å². The van der Waals surface area contributed by atoms with E-state index in [0.717, 1.165) is 19.4 Å². The largest absolute Gasteiger partial charge is 0.385 e. The molecule has 0 fully saturated rings. The number of aryl methyl sites for hydroxylation is 2. The van der Waals surface area contributed by atoms with Crippen molar-refractivity contribution in [3.8, 4) is 0 Å². The van der Waals surface area contributed by atoms with E-state index < -0.39 is 0 Å². The zero-order chi connectivity index (χ0) is 19.1. The lowest BCUT2D eigenvalue weighted by molar-refractivity contribution is -0.121. The average Bonchev–Trinajstić information content (AvgIpc) is 3.03. The van der Waals surface area contributed by atoms with Gasteiger partial charge in [0.15, 0.2) is 0 Å². The second-order valence-corrected chi connectivity index (χ2v) is 6.98. The van der Waals surface area contributed by atoms with Crippen molar-refractivity contribution in [2.45, 2.75) is 32.7 Å². The number of nitrogens with one attached hydrogen (secondary N) is 1. The van der Waals surface area contributed by atoms with Gasteiger partial charge in [-0.2, -0.15) is 0 Å². The summed E-state index contributed by atoms with van der Waals surface area (Å²) in [5.41, 5.74) is 5.00. The highest BCUT2D eigenvalue weighted by Crippen LogP contribution is 2.23. The number of aromatic nitrogens is 1. The fourth-order valence-corrected chi connectivity index (χ4v) is 3.32. The maximum atomic E-state index is 12.1. The van der Waals surface area contributed by atoms with E-state index in [-0.39, 0.29) is 5.91 Å². The topological polar surface area (TPSA) is 43.3 Å². The van der Waals surface area contributed by atoms with Crippen molar-refractivity contribution in [3.63, 3.8) is 0 Å². The SMILES string of the molecule is COCCCNC(=O)CCc1cn(Cc2ccc(C)cc2)c2ccccc12. The van der Waals surface area contributed by atoms with Crippen molar-refractivity contribution in [2.24, 2.45) is 0 Å². The van der Waals surface area contributed by atoms with Crippen LogP contribution in [-0.4, -0.2) is 30.7 Å². The number of methoxy groups -OCH3 is 1. The van der Waals surface area contributed by atoms with Gasteiger partial charge in [-0.25, -0.2) is 0 Å². The van der Waals surface area contributed by atoms with Crippen molar-refractivity contribution in [1.82, 2.24) is 9.88 Å². The molecule has 1 amide bonds. The van der Waals surface area contributed by atoms with Gasteiger partial charge in [-0.15, -0.1) is 0 Å². The molecule has 1 N–H and O–H groups in total. The molecule has 0 saturated heterocycles. The molecule has 0 radical (unpaired) electrons. The van der Waals surface area contributed by atoms with Crippen LogP contribution < -0.4 is 5.32 Å². The standard InChI is InChI=1S/C23H28N2O2/c1-18-8-10-19(11-9-18)16-25-17-20(21-6-3-4-7-22(21)25)12-13-23(26)24-14-5-15-27-2/h3-4,6-11,17H,5,12-16H2,1-2H3,(H,24,26). The fraction of sp³-hybridized carbons (Fsp3) is 0.348. The second-order valence-electron chi connectivity index (χ2n) is 6.98. The highest BCUT2D eigenvalue weighted by molar-refractivity contribution is 5.85. The Morgan fingerprint density at radius 1 is 1.11 bits per heavy atom. The number of ether oxygens (including phenoxy) is 1. The van der Waals surface area contributed by atoms with Crippen LogP contribution in [0.5, 0.6) is 0 Å². The monoisotopic (exact) mass is 364 g/mol. The van der Waals surface area contributed by atoms with Crippen LogP contribution in [0.4, 0.5) is 0 Å². The Labute approximate surface area is 161 Å². The number of carbonyl (C=O) groups excluding carboxylic acids is 1. The van der Waals surface area contributed by atoms with Crippen LogP contribution in [0.2, 0.25) is 0 Å². The number of para-hydroxylation sites is 1. The van der Waals surface area contributed by atoms with Gasteiger partial charge in [-0.3, -0.25) is 4.79 Å². The van der Waals surface area contributed by atoms with E-state index in [4.69, 9.17) is 4.74 Å². The Morgan fingerprint density at radius 2 is 1.89 bits per heavy atom. The lowest BCUT2D eigenvalue weighted by Crippen LogP contribution is -2.25. The molecule has 3 rings (SSSR count). The summed E-state index contributed by atoms with van der Waals surface area (Å²) in [5, 5.41) is 4.20. The normalized spacial score (nSPS) is 11.0. The van der Waals surface area contributed by atoms with Crippen molar-refractivity contribution >= 4 is 16.8 Å². The summed E-state index contributed by atoms with van der Waals surface area (Å²) in [7, 11) is 1.67. The number of amides is 1. The average molecular weight is 364 g/mol. The van der Waals surface area contributed by atoms with Crippen LogP contribution in [-0.2, 0) is 22.5 Å². The fourth-order valence-electron chi connectivity index (χ4n) is 3.32. The molecular formula is C23H28N2O2. The summed E-state index contributed by atoms with van der Waals surface area (Å²) in [6.45, 7) is 4.28. The molecule has 1 aromatic heterocycles. The summed E-state index contributed by atoms with van der Waals surface area (Å²) < 4.78 is 7.29. The van der Waals surface area contributed by atoms with Crippen molar-refractivity contribution in [2.75, 3.05) is 20.3 Å². The third-order valence-corrected chi connectivity index (χ3v) is 4.81. The summed E-state index contributed by atoms with van der Waals surface area (Å²) >= 11 is 0. The molecule has 3 aromatic rings. The van der Waals surface area contributed by atoms with Gasteiger partial charge < -0.3 is 14.6 Å². The van der Waals surface area contributed by atoms with Gasteiger partial charge in [-0.1, -0.05) is 48.0 Å². The molecule has 2 aromatic carbocycles. The third-order valence-electron chi connectivity index (χ3n) is 4.81. The first-order chi connectivity index (χ1) is 13.2. The molecule has 0 saturated carbocycles. The van der Waals surface area contributed by atoms with Gasteiger partial charge >= 0.3 is 0 Å². The van der Waals surface area contributed by atoms with Gasteiger partial charge in [0.2, 0.25) is 5.91 Å². The van der Waals surface area contributed by atoms with E-state index in [0.29, 0.717) is 19.6 Å². The van der Waals surface area contributed by atoms with Gasteiger partial charge in [0.1, 0.15) is 0 Å². The molecule has 0 aliphatic carbocycles. The molecule has 142 valence electrons. The third kappa shape index (κ3) is 5.20. The maximum Gasteiger partial charge on any atom is 0.220 e. The van der Waals surface area contributed by atoms with Crippen LogP contribution in [0.25, 0.3) is 10.9 Å². The Bertz CT molecular complexity index is 881. The number of carbonyl (C=O) groups is 1. The van der Waals surface area contributed by atoms with Crippen LogP contribution in [0.3, 0.4) is 0 Å². The van der Waals surface area contributed by atoms with Crippen molar-refractivity contribution < 1.29 is 9.53 Å². The molecule has 0 bridgehead atoms. The molecule has 4 heteroatoms. The molecular weight excluding hydrogens is 336 g/mol. The minimum atomic E-state index is 0.0986. The van der Waals surface area contributed by atoms with Gasteiger partial charge in [0, 0.05) is 50.3 Å². The molecule has 1 heterocycles. The van der Waals surface area contributed by atoms with Gasteiger partial charge in [0.05, 0.1) is 0 Å². The predicted molar refractivity (Wildman–Crippen MR) is 110 cm³/mol. The number of hydrogen-bond acceptors (Lipinski definition) is 2. The Kier molecular flexibility index (Phi) is 6.66. The van der Waals surface area contributed by atoms with E-state index in [1.165, 1.54) is 27.6 Å². The molecule has 4 nitrogen and oxygen atoms in total. The summed E-state index contributed by atoms with van der Waals surface area (Å²) in [6.07, 6.45) is 4.30. The first-order valence-electron chi connectivity index (χ1n) is 9.55. The number of fused-ring (bicyclic) bond motifs is 1. The molecule has 27 heavy (non-hydrogen) atoms. The predicted octanol–water partition coefficient (Wildman–Crippen LogP) is 4.08. The zero-order valence-electron chi connectivity index (χ0n) is 16.2. The number of benzene rings is 2. The van der Waals surface area contributed by atoms with E-state index >= 15 is 0 Å². The zero-order valence-corrected chi connectivity index (χ0v) is 16.2. The van der Waals surface area contributed by atoms with E-state index in [2.05, 4.69) is 71.5 Å². The summed E-state index contributed by atoms with van der Waals surface area (Å²) in [5.74, 6) is 0.0986. The molecule has 0 atom stereocenters. The summed E-state index contributed by atoms with van der Waals surface area (Å²) in [6, 6.07) is 17.1. The molecule has 0 aliphatic rings. The Hall–Kier alpha value is -2.59. The minimum absolute atomic E-state index is 0.0986. The minimum Gasteiger partial charge on any atom is -0.385 e. The Morgan fingerprint density at radius 3 is 2.67 bits per heavy atom. The first kappa shape index (κ1) is 19.2. The van der Waals surface area contributed by atoms with Crippen LogP contribution >= 0.6 is 0 Å². The second kappa shape index (κ2) is 9.38.